The summed E-state index contributed by atoms with van der Waals surface area (Å²) in [6.07, 6.45) is 2.11. The van der Waals surface area contributed by atoms with Gasteiger partial charge in [0.25, 0.3) is 0 Å². The van der Waals surface area contributed by atoms with Gasteiger partial charge in [-0.15, -0.1) is 0 Å². The van der Waals surface area contributed by atoms with Crippen LogP contribution in [0.25, 0.3) is 0 Å². The van der Waals surface area contributed by atoms with Crippen molar-refractivity contribution in [3.05, 3.63) is 35.6 Å². The lowest BCUT2D eigenvalue weighted by molar-refractivity contribution is 0.0592. The van der Waals surface area contributed by atoms with Gasteiger partial charge in [-0.1, -0.05) is 12.1 Å². The number of benzene rings is 1. The second-order valence-corrected chi connectivity index (χ2v) is 6.67. The molecule has 2 rings (SSSR count). The minimum atomic E-state index is -1.23. The minimum Gasteiger partial charge on any atom is -0.384 e. The molecule has 1 aromatic carbocycles. The Labute approximate surface area is 128 Å². The Morgan fingerprint density at radius 2 is 2.19 bits per heavy atom. The molecule has 0 aliphatic carbocycles. The van der Waals surface area contributed by atoms with E-state index in [2.05, 4.69) is 10.6 Å². The highest BCUT2D eigenvalue weighted by Gasteiger charge is 2.24. The van der Waals surface area contributed by atoms with Gasteiger partial charge in [0.05, 0.1) is 6.54 Å². The minimum absolute atomic E-state index is 0.0737. The maximum atomic E-state index is 12.9. The number of halogens is 1. The second kappa shape index (κ2) is 7.13. The molecule has 116 valence electrons. The van der Waals surface area contributed by atoms with Crippen LogP contribution in [0, 0.1) is 5.82 Å². The molecule has 1 heterocycles. The predicted molar refractivity (Wildman–Crippen MR) is 82.9 cm³/mol. The van der Waals surface area contributed by atoms with Gasteiger partial charge in [0.2, 0.25) is 0 Å². The summed E-state index contributed by atoms with van der Waals surface area (Å²) in [6, 6.07) is 5.55. The molecule has 0 aromatic heterocycles. The average molecular weight is 312 g/mol. The molecule has 2 amide bonds. The summed E-state index contributed by atoms with van der Waals surface area (Å²) in [4.78, 5) is 11.8. The van der Waals surface area contributed by atoms with E-state index in [9.17, 15) is 14.3 Å². The number of rotatable bonds is 4. The fraction of sp³-hybridized carbons (Fsp3) is 0.533. The molecule has 1 fully saturated rings. The Morgan fingerprint density at radius 3 is 2.81 bits per heavy atom. The third-order valence-corrected chi connectivity index (χ3v) is 4.77. The smallest absolute Gasteiger partial charge is 0.315 e. The average Bonchev–Trinajstić information content (AvgIpc) is 2.47. The maximum absolute atomic E-state index is 12.9. The van der Waals surface area contributed by atoms with Crippen molar-refractivity contribution in [2.75, 3.05) is 18.1 Å². The van der Waals surface area contributed by atoms with Gasteiger partial charge in [0.1, 0.15) is 11.4 Å². The zero-order chi connectivity index (χ0) is 15.3. The zero-order valence-electron chi connectivity index (χ0n) is 12.1. The van der Waals surface area contributed by atoms with Crippen LogP contribution >= 0.6 is 11.8 Å². The summed E-state index contributed by atoms with van der Waals surface area (Å²) in [5.74, 6) is 1.73. The molecule has 0 radical (unpaired) electrons. The van der Waals surface area contributed by atoms with Gasteiger partial charge in [-0.3, -0.25) is 0 Å². The summed E-state index contributed by atoms with van der Waals surface area (Å²) in [5, 5.41) is 16.0. The Hall–Kier alpha value is -1.27. The molecular weight excluding hydrogens is 291 g/mol. The van der Waals surface area contributed by atoms with E-state index >= 15 is 0 Å². The van der Waals surface area contributed by atoms with Crippen LogP contribution in [0.2, 0.25) is 0 Å². The molecule has 2 atom stereocenters. The number of urea groups is 1. The number of nitrogens with one attached hydrogen (secondary N) is 2. The van der Waals surface area contributed by atoms with Gasteiger partial charge in [0.15, 0.2) is 0 Å². The first kappa shape index (κ1) is 16.1. The fourth-order valence-corrected chi connectivity index (χ4v) is 3.33. The van der Waals surface area contributed by atoms with E-state index in [0.717, 1.165) is 24.3 Å². The van der Waals surface area contributed by atoms with Crippen LogP contribution in [0.3, 0.4) is 0 Å². The summed E-state index contributed by atoms with van der Waals surface area (Å²) in [6.45, 7) is 1.67. The molecule has 3 N–H and O–H groups in total. The van der Waals surface area contributed by atoms with E-state index in [4.69, 9.17) is 0 Å². The first-order valence-electron chi connectivity index (χ1n) is 7.08. The van der Waals surface area contributed by atoms with E-state index in [-0.39, 0.29) is 24.4 Å². The van der Waals surface area contributed by atoms with Gasteiger partial charge in [0, 0.05) is 11.8 Å². The van der Waals surface area contributed by atoms with Crippen molar-refractivity contribution in [1.82, 2.24) is 10.6 Å². The number of aliphatic hydroxyl groups is 1. The van der Waals surface area contributed by atoms with Crippen molar-refractivity contribution in [2.24, 2.45) is 0 Å². The third kappa shape index (κ3) is 4.89. The first-order chi connectivity index (χ1) is 9.97. The van der Waals surface area contributed by atoms with E-state index in [0.29, 0.717) is 5.56 Å². The summed E-state index contributed by atoms with van der Waals surface area (Å²) in [7, 11) is 0. The van der Waals surface area contributed by atoms with Gasteiger partial charge in [-0.05, 0) is 43.2 Å². The molecule has 2 unspecified atom stereocenters. The van der Waals surface area contributed by atoms with Crippen molar-refractivity contribution in [1.29, 1.82) is 0 Å². The van der Waals surface area contributed by atoms with Crippen molar-refractivity contribution in [3.8, 4) is 0 Å². The molecule has 1 aliphatic heterocycles. The highest BCUT2D eigenvalue weighted by atomic mass is 32.2. The summed E-state index contributed by atoms with van der Waals surface area (Å²) in [5.41, 5.74) is -0.663. The number of carbonyl (C=O) groups is 1. The quantitative estimate of drug-likeness (QED) is 0.799. The Kier molecular flexibility index (Phi) is 5.47. The molecule has 0 spiro atoms. The molecule has 0 saturated carbocycles. The van der Waals surface area contributed by atoms with Crippen molar-refractivity contribution < 1.29 is 14.3 Å². The van der Waals surface area contributed by atoms with Crippen LogP contribution in [-0.4, -0.2) is 35.2 Å². The van der Waals surface area contributed by atoms with Crippen molar-refractivity contribution in [3.63, 3.8) is 0 Å². The van der Waals surface area contributed by atoms with Gasteiger partial charge < -0.3 is 15.7 Å². The van der Waals surface area contributed by atoms with E-state index in [1.807, 2.05) is 11.8 Å². The Balaban J connectivity index is 1.82. The highest BCUT2D eigenvalue weighted by Crippen LogP contribution is 2.20. The highest BCUT2D eigenvalue weighted by molar-refractivity contribution is 7.99. The monoisotopic (exact) mass is 312 g/mol. The Morgan fingerprint density at radius 1 is 1.48 bits per heavy atom. The fourth-order valence-electron chi connectivity index (χ4n) is 2.25. The number of amides is 2. The lowest BCUT2D eigenvalue weighted by Gasteiger charge is -2.26. The van der Waals surface area contributed by atoms with Gasteiger partial charge in [-0.2, -0.15) is 11.8 Å². The number of hydrogen-bond donors (Lipinski definition) is 3. The molecule has 6 heteroatoms. The van der Waals surface area contributed by atoms with Crippen LogP contribution in [0.1, 0.15) is 25.3 Å². The third-order valence-electron chi connectivity index (χ3n) is 3.55. The van der Waals surface area contributed by atoms with Crippen molar-refractivity contribution in [2.45, 2.75) is 31.4 Å². The number of hydrogen-bond acceptors (Lipinski definition) is 3. The molecule has 1 saturated heterocycles. The standard InChI is InChI=1S/C15H21FN2O2S/c1-15(20,11-4-6-12(16)7-5-11)10-17-14(19)18-13-3-2-8-21-9-13/h4-7,13,20H,2-3,8-10H2,1H3,(H2,17,18,19). The topological polar surface area (TPSA) is 61.4 Å². The molecule has 1 aromatic rings. The normalized spacial score (nSPS) is 21.4. The van der Waals surface area contributed by atoms with E-state index < -0.39 is 5.60 Å². The van der Waals surface area contributed by atoms with Crippen molar-refractivity contribution >= 4 is 17.8 Å². The molecule has 21 heavy (non-hydrogen) atoms. The van der Waals surface area contributed by atoms with Crippen LogP contribution in [0.15, 0.2) is 24.3 Å². The van der Waals surface area contributed by atoms with Crippen LogP contribution in [-0.2, 0) is 5.60 Å². The largest absolute Gasteiger partial charge is 0.384 e. The van der Waals surface area contributed by atoms with Crippen LogP contribution in [0.5, 0.6) is 0 Å². The maximum Gasteiger partial charge on any atom is 0.315 e. The van der Waals surface area contributed by atoms with E-state index in [1.54, 1.807) is 6.92 Å². The lowest BCUT2D eigenvalue weighted by Crippen LogP contribution is -2.48. The van der Waals surface area contributed by atoms with Gasteiger partial charge in [-0.25, -0.2) is 9.18 Å². The number of thioether (sulfide) groups is 1. The van der Waals surface area contributed by atoms with Crippen LogP contribution < -0.4 is 10.6 Å². The summed E-state index contributed by atoms with van der Waals surface area (Å²) < 4.78 is 12.9. The predicted octanol–water partition coefficient (Wildman–Crippen LogP) is 2.23. The number of carbonyl (C=O) groups excluding carboxylic acids is 1. The van der Waals surface area contributed by atoms with Crippen LogP contribution in [0.4, 0.5) is 9.18 Å². The molecular formula is C15H21FN2O2S. The Bertz CT molecular complexity index is 473. The molecule has 0 bridgehead atoms. The SMILES string of the molecule is CC(O)(CNC(=O)NC1CCCSC1)c1ccc(F)cc1. The zero-order valence-corrected chi connectivity index (χ0v) is 12.9. The first-order valence-corrected chi connectivity index (χ1v) is 8.23. The molecule has 1 aliphatic rings. The van der Waals surface area contributed by atoms with Gasteiger partial charge >= 0.3 is 6.03 Å². The summed E-state index contributed by atoms with van der Waals surface area (Å²) >= 11 is 1.84. The lowest BCUT2D eigenvalue weighted by atomic mass is 9.96. The van der Waals surface area contributed by atoms with E-state index in [1.165, 1.54) is 24.3 Å². The molecule has 4 nitrogen and oxygen atoms in total. The second-order valence-electron chi connectivity index (χ2n) is 5.52.